The van der Waals surface area contributed by atoms with Gasteiger partial charge in [-0.1, -0.05) is 0 Å². The van der Waals surface area contributed by atoms with Crippen molar-refractivity contribution in [2.75, 3.05) is 0 Å². The van der Waals surface area contributed by atoms with Crippen LogP contribution in [-0.2, 0) is 6.61 Å². The molecule has 0 amide bonds. The molecule has 0 aliphatic rings. The normalized spacial score (nSPS) is 11.3. The van der Waals surface area contributed by atoms with Gasteiger partial charge < -0.3 is 10.2 Å². The van der Waals surface area contributed by atoms with Crippen LogP contribution >= 0.6 is 0 Å². The fourth-order valence-corrected chi connectivity index (χ4v) is 1.85. The van der Waals surface area contributed by atoms with Gasteiger partial charge in [0.2, 0.25) is 0 Å². The number of phenolic OH excluding ortho intramolecular Hbond substituents is 1. The van der Waals surface area contributed by atoms with Crippen molar-refractivity contribution >= 4 is 16.6 Å². The molecule has 0 aliphatic carbocycles. The van der Waals surface area contributed by atoms with Crippen LogP contribution in [0.2, 0.25) is 0 Å². The summed E-state index contributed by atoms with van der Waals surface area (Å²) in [6.07, 6.45) is 0. The number of rotatable bonds is 1. The second kappa shape index (κ2) is 3.18. The highest BCUT2D eigenvalue weighted by molar-refractivity contribution is 5.83. The summed E-state index contributed by atoms with van der Waals surface area (Å²) in [5.41, 5.74) is 1.55. The lowest BCUT2D eigenvalue weighted by Crippen LogP contribution is -1.95. The number of hydrogen-bond donors (Lipinski definition) is 2. The minimum absolute atomic E-state index is 0.166. The Bertz CT molecular complexity index is 675. The van der Waals surface area contributed by atoms with E-state index in [9.17, 15) is 5.11 Å². The third-order valence-corrected chi connectivity index (χ3v) is 2.56. The molecule has 0 spiro atoms. The molecule has 0 bridgehead atoms. The van der Waals surface area contributed by atoms with Gasteiger partial charge in [0.15, 0.2) is 11.5 Å². The summed E-state index contributed by atoms with van der Waals surface area (Å²) < 4.78 is 1.77. The number of phenols is 1. The van der Waals surface area contributed by atoms with Crippen LogP contribution in [0.1, 0.15) is 5.82 Å². The van der Waals surface area contributed by atoms with Crippen LogP contribution in [0.5, 0.6) is 5.75 Å². The van der Waals surface area contributed by atoms with E-state index >= 15 is 0 Å². The number of hydrogen-bond acceptors (Lipinski definition) is 4. The zero-order valence-electron chi connectivity index (χ0n) is 8.33. The molecule has 0 unspecified atom stereocenters. The highest BCUT2D eigenvalue weighted by Crippen LogP contribution is 2.21. The molecule has 3 rings (SSSR count). The third kappa shape index (κ3) is 1.15. The van der Waals surface area contributed by atoms with Crippen LogP contribution in [0.25, 0.3) is 16.6 Å². The zero-order chi connectivity index (χ0) is 11.1. The van der Waals surface area contributed by atoms with Crippen LogP contribution in [0.3, 0.4) is 0 Å². The number of nitrogens with zero attached hydrogens (tertiary/aromatic N) is 3. The number of aliphatic hydroxyl groups is 1. The summed E-state index contributed by atoms with van der Waals surface area (Å²) in [6, 6.07) is 8.70. The Hall–Kier alpha value is -2.14. The molecule has 2 heterocycles. The number of aromatic nitrogens is 3. The van der Waals surface area contributed by atoms with Gasteiger partial charge in [-0.25, -0.2) is 0 Å². The lowest BCUT2D eigenvalue weighted by Gasteiger charge is -2.03. The second-order valence-electron chi connectivity index (χ2n) is 3.54. The van der Waals surface area contributed by atoms with E-state index < -0.39 is 0 Å². The van der Waals surface area contributed by atoms with Crippen molar-refractivity contribution < 1.29 is 10.2 Å². The molecule has 16 heavy (non-hydrogen) atoms. The van der Waals surface area contributed by atoms with Crippen molar-refractivity contribution in [3.05, 3.63) is 36.2 Å². The van der Waals surface area contributed by atoms with Crippen molar-refractivity contribution in [3.63, 3.8) is 0 Å². The monoisotopic (exact) mass is 215 g/mol. The number of aromatic hydroxyl groups is 1. The van der Waals surface area contributed by atoms with Crippen LogP contribution in [0.15, 0.2) is 30.3 Å². The van der Waals surface area contributed by atoms with E-state index in [0.29, 0.717) is 11.5 Å². The molecule has 2 aromatic heterocycles. The number of pyridine rings is 1. The van der Waals surface area contributed by atoms with Crippen molar-refractivity contribution in [1.29, 1.82) is 0 Å². The van der Waals surface area contributed by atoms with Gasteiger partial charge >= 0.3 is 0 Å². The predicted octanol–water partition coefficient (Wildman–Crippen LogP) is 1.08. The van der Waals surface area contributed by atoms with Gasteiger partial charge in [-0.05, 0) is 30.3 Å². The van der Waals surface area contributed by atoms with Gasteiger partial charge in [0, 0.05) is 5.39 Å². The molecule has 0 saturated heterocycles. The van der Waals surface area contributed by atoms with Gasteiger partial charge in [0.05, 0.1) is 5.52 Å². The van der Waals surface area contributed by atoms with Crippen LogP contribution in [-0.4, -0.2) is 24.8 Å². The average molecular weight is 215 g/mol. The Morgan fingerprint density at radius 1 is 1.12 bits per heavy atom. The van der Waals surface area contributed by atoms with E-state index in [4.69, 9.17) is 5.11 Å². The van der Waals surface area contributed by atoms with E-state index in [1.807, 2.05) is 6.07 Å². The first-order valence-corrected chi connectivity index (χ1v) is 4.86. The van der Waals surface area contributed by atoms with Crippen LogP contribution in [0, 0.1) is 0 Å². The summed E-state index contributed by atoms with van der Waals surface area (Å²) >= 11 is 0. The first kappa shape index (κ1) is 9.11. The second-order valence-corrected chi connectivity index (χ2v) is 3.54. The highest BCUT2D eigenvalue weighted by atomic mass is 16.3. The third-order valence-electron chi connectivity index (χ3n) is 2.56. The SMILES string of the molecule is OCc1nnc2ccc3cc(O)ccc3n12. The van der Waals surface area contributed by atoms with Crippen molar-refractivity contribution in [1.82, 2.24) is 14.6 Å². The summed E-state index contributed by atoms with van der Waals surface area (Å²) in [7, 11) is 0. The maximum Gasteiger partial charge on any atom is 0.163 e. The molecule has 2 N–H and O–H groups in total. The fourth-order valence-electron chi connectivity index (χ4n) is 1.85. The molecule has 3 aromatic rings. The van der Waals surface area contributed by atoms with Gasteiger partial charge in [-0.3, -0.25) is 4.40 Å². The fraction of sp³-hybridized carbons (Fsp3) is 0.0909. The number of benzene rings is 1. The Labute approximate surface area is 90.6 Å². The van der Waals surface area contributed by atoms with E-state index in [0.717, 1.165) is 10.9 Å². The largest absolute Gasteiger partial charge is 0.508 e. The molecule has 1 aromatic carbocycles. The first-order valence-electron chi connectivity index (χ1n) is 4.86. The standard InChI is InChI=1S/C11H9N3O2/c15-6-11-13-12-10-4-1-7-5-8(16)2-3-9(7)14(10)11/h1-5,15-16H,6H2. The smallest absolute Gasteiger partial charge is 0.163 e. The average Bonchev–Trinajstić information content (AvgIpc) is 2.71. The van der Waals surface area contributed by atoms with Crippen LogP contribution < -0.4 is 0 Å². The molecule has 0 radical (unpaired) electrons. The Morgan fingerprint density at radius 3 is 2.81 bits per heavy atom. The Morgan fingerprint density at radius 2 is 2.00 bits per heavy atom. The molecular weight excluding hydrogens is 206 g/mol. The first-order chi connectivity index (χ1) is 7.79. The van der Waals surface area contributed by atoms with Crippen molar-refractivity contribution in [2.45, 2.75) is 6.61 Å². The summed E-state index contributed by atoms with van der Waals surface area (Å²) in [5, 5.41) is 27.3. The maximum absolute atomic E-state index is 9.39. The van der Waals surface area contributed by atoms with E-state index in [1.165, 1.54) is 0 Å². The quantitative estimate of drug-likeness (QED) is 0.637. The molecule has 0 aliphatic heterocycles. The summed E-state index contributed by atoms with van der Waals surface area (Å²) in [6.45, 7) is -0.166. The molecular formula is C11H9N3O2. The van der Waals surface area contributed by atoms with Gasteiger partial charge in [-0.2, -0.15) is 0 Å². The van der Waals surface area contributed by atoms with Crippen LogP contribution in [0.4, 0.5) is 0 Å². The number of fused-ring (bicyclic) bond motifs is 3. The van der Waals surface area contributed by atoms with Gasteiger partial charge in [0.1, 0.15) is 12.4 Å². The molecule has 0 atom stereocenters. The maximum atomic E-state index is 9.39. The van der Waals surface area contributed by atoms with Gasteiger partial charge in [0.25, 0.3) is 0 Å². The summed E-state index contributed by atoms with van der Waals surface area (Å²) in [5.74, 6) is 0.705. The van der Waals surface area contributed by atoms with Crippen molar-refractivity contribution in [2.24, 2.45) is 0 Å². The van der Waals surface area contributed by atoms with Gasteiger partial charge in [-0.15, -0.1) is 10.2 Å². The molecule has 0 saturated carbocycles. The lowest BCUT2D eigenvalue weighted by atomic mass is 10.2. The van der Waals surface area contributed by atoms with Crippen molar-refractivity contribution in [3.8, 4) is 5.75 Å². The van der Waals surface area contributed by atoms with E-state index in [2.05, 4.69) is 10.2 Å². The highest BCUT2D eigenvalue weighted by Gasteiger charge is 2.07. The minimum atomic E-state index is -0.166. The predicted molar refractivity (Wildman–Crippen MR) is 58.1 cm³/mol. The minimum Gasteiger partial charge on any atom is -0.508 e. The Balaban J connectivity index is 2.51. The lowest BCUT2D eigenvalue weighted by molar-refractivity contribution is 0.270. The topological polar surface area (TPSA) is 70.7 Å². The molecule has 5 heteroatoms. The molecule has 5 nitrogen and oxygen atoms in total. The summed E-state index contributed by atoms with van der Waals surface area (Å²) in [4.78, 5) is 0. The van der Waals surface area contributed by atoms with E-state index in [-0.39, 0.29) is 12.4 Å². The van der Waals surface area contributed by atoms with E-state index in [1.54, 1.807) is 28.7 Å². The number of aliphatic hydroxyl groups excluding tert-OH is 1. The Kier molecular flexibility index (Phi) is 1.81. The molecule has 80 valence electrons. The zero-order valence-corrected chi connectivity index (χ0v) is 8.33. The molecule has 0 fully saturated rings.